The van der Waals surface area contributed by atoms with Crippen molar-refractivity contribution in [1.82, 2.24) is 14.8 Å². The van der Waals surface area contributed by atoms with Gasteiger partial charge in [0.05, 0.1) is 25.7 Å². The first-order valence-electron chi connectivity index (χ1n) is 9.75. The molecule has 0 spiro atoms. The van der Waals surface area contributed by atoms with Gasteiger partial charge < -0.3 is 9.47 Å². The van der Waals surface area contributed by atoms with Gasteiger partial charge in [0, 0.05) is 17.2 Å². The molecule has 0 fully saturated rings. The number of aromatic nitrogens is 3. The number of halogens is 1. The van der Waals surface area contributed by atoms with Crippen LogP contribution < -0.4 is 9.47 Å². The number of methoxy groups -OCH3 is 2. The number of thioether (sulfide) groups is 1. The van der Waals surface area contributed by atoms with E-state index in [4.69, 9.17) is 9.47 Å². The maximum atomic E-state index is 13.2. The zero-order valence-corrected chi connectivity index (χ0v) is 18.3. The van der Waals surface area contributed by atoms with E-state index in [1.165, 1.54) is 36.0 Å². The van der Waals surface area contributed by atoms with Crippen molar-refractivity contribution in [2.75, 3.05) is 20.0 Å². The molecule has 32 heavy (non-hydrogen) atoms. The SMILES string of the molecule is COc1ccc(-n2c(SCC(=O)c3ccc(F)cc3)nnc2-c2ccccc2)cc1OC. The van der Waals surface area contributed by atoms with E-state index in [-0.39, 0.29) is 17.4 Å². The number of carbonyl (C=O) groups is 1. The van der Waals surface area contributed by atoms with E-state index in [9.17, 15) is 9.18 Å². The van der Waals surface area contributed by atoms with E-state index < -0.39 is 0 Å². The van der Waals surface area contributed by atoms with Crippen molar-refractivity contribution in [1.29, 1.82) is 0 Å². The van der Waals surface area contributed by atoms with Gasteiger partial charge in [-0.05, 0) is 36.4 Å². The molecule has 0 amide bonds. The standard InChI is InChI=1S/C24H20FN3O3S/c1-30-21-13-12-19(14-22(21)31-2)28-23(17-6-4-3-5-7-17)26-27-24(28)32-15-20(29)16-8-10-18(25)11-9-16/h3-14H,15H2,1-2H3. The lowest BCUT2D eigenvalue weighted by Crippen LogP contribution is -2.05. The van der Waals surface area contributed by atoms with Crippen LogP contribution in [0.1, 0.15) is 10.4 Å². The minimum Gasteiger partial charge on any atom is -0.493 e. The van der Waals surface area contributed by atoms with Gasteiger partial charge in [-0.3, -0.25) is 9.36 Å². The van der Waals surface area contributed by atoms with Gasteiger partial charge in [0.2, 0.25) is 0 Å². The molecule has 0 aliphatic carbocycles. The largest absolute Gasteiger partial charge is 0.493 e. The number of carbonyl (C=O) groups excluding carboxylic acids is 1. The number of hydrogen-bond acceptors (Lipinski definition) is 6. The fourth-order valence-corrected chi connectivity index (χ4v) is 4.03. The Labute approximate surface area is 189 Å². The van der Waals surface area contributed by atoms with Crippen LogP contribution in [0.5, 0.6) is 11.5 Å². The summed E-state index contributed by atoms with van der Waals surface area (Å²) in [5.74, 6) is 1.43. The number of ketones is 1. The number of ether oxygens (including phenoxy) is 2. The smallest absolute Gasteiger partial charge is 0.196 e. The molecule has 0 radical (unpaired) electrons. The van der Waals surface area contributed by atoms with E-state index in [1.807, 2.05) is 47.0 Å². The number of nitrogens with zero attached hydrogens (tertiary/aromatic N) is 3. The van der Waals surface area contributed by atoms with Crippen LogP contribution in [0.3, 0.4) is 0 Å². The molecule has 0 saturated carbocycles. The first-order valence-corrected chi connectivity index (χ1v) is 10.7. The molecule has 0 aliphatic rings. The third-order valence-electron chi connectivity index (χ3n) is 4.79. The summed E-state index contributed by atoms with van der Waals surface area (Å²) in [5.41, 5.74) is 2.09. The summed E-state index contributed by atoms with van der Waals surface area (Å²) in [5, 5.41) is 9.27. The average Bonchev–Trinajstić information content (AvgIpc) is 3.27. The number of benzene rings is 3. The highest BCUT2D eigenvalue weighted by atomic mass is 32.2. The summed E-state index contributed by atoms with van der Waals surface area (Å²) >= 11 is 1.26. The average molecular weight is 450 g/mol. The lowest BCUT2D eigenvalue weighted by molar-refractivity contribution is 0.102. The number of Topliss-reactive ketones (excluding diaryl/α,β-unsaturated/α-hetero) is 1. The lowest BCUT2D eigenvalue weighted by Gasteiger charge is -2.13. The van der Waals surface area contributed by atoms with Crippen molar-refractivity contribution < 1.29 is 18.7 Å². The monoisotopic (exact) mass is 449 g/mol. The summed E-state index contributed by atoms with van der Waals surface area (Å²) in [7, 11) is 3.15. The first kappa shape index (κ1) is 21.6. The molecule has 0 unspecified atom stereocenters. The van der Waals surface area contributed by atoms with E-state index in [0.717, 1.165) is 11.3 Å². The minimum absolute atomic E-state index is 0.127. The Kier molecular flexibility index (Phi) is 6.51. The Morgan fingerprint density at radius 2 is 1.66 bits per heavy atom. The quantitative estimate of drug-likeness (QED) is 0.277. The number of rotatable bonds is 8. The number of hydrogen-bond donors (Lipinski definition) is 0. The Morgan fingerprint density at radius 1 is 0.938 bits per heavy atom. The fraction of sp³-hybridized carbons (Fsp3) is 0.125. The van der Waals surface area contributed by atoms with Gasteiger partial charge in [0.1, 0.15) is 5.82 Å². The molecule has 4 rings (SSSR count). The molecule has 0 bridgehead atoms. The van der Waals surface area contributed by atoms with Gasteiger partial charge >= 0.3 is 0 Å². The van der Waals surface area contributed by atoms with Gasteiger partial charge in [0.15, 0.2) is 28.3 Å². The van der Waals surface area contributed by atoms with Crippen molar-refractivity contribution in [2.24, 2.45) is 0 Å². The highest BCUT2D eigenvalue weighted by Crippen LogP contribution is 2.33. The zero-order chi connectivity index (χ0) is 22.5. The minimum atomic E-state index is -0.380. The van der Waals surface area contributed by atoms with Crippen LogP contribution in [0.25, 0.3) is 17.1 Å². The van der Waals surface area contributed by atoms with Crippen molar-refractivity contribution in [3.05, 3.63) is 84.2 Å². The Hall–Kier alpha value is -3.65. The molecule has 1 aromatic heterocycles. The second kappa shape index (κ2) is 9.65. The van der Waals surface area contributed by atoms with E-state index in [2.05, 4.69) is 10.2 Å². The van der Waals surface area contributed by atoms with Crippen LogP contribution in [0.15, 0.2) is 78.0 Å². The van der Waals surface area contributed by atoms with Crippen LogP contribution in [-0.2, 0) is 0 Å². The molecule has 3 aromatic carbocycles. The topological polar surface area (TPSA) is 66.2 Å². The van der Waals surface area contributed by atoms with Crippen molar-refractivity contribution in [2.45, 2.75) is 5.16 Å². The Bertz CT molecular complexity index is 1230. The molecule has 8 heteroatoms. The van der Waals surface area contributed by atoms with Crippen LogP contribution in [0.2, 0.25) is 0 Å². The van der Waals surface area contributed by atoms with Gasteiger partial charge in [-0.15, -0.1) is 10.2 Å². The summed E-state index contributed by atoms with van der Waals surface area (Å²) in [6.45, 7) is 0. The normalized spacial score (nSPS) is 10.7. The van der Waals surface area contributed by atoms with Crippen LogP contribution in [-0.4, -0.2) is 40.5 Å². The molecule has 6 nitrogen and oxygen atoms in total. The third kappa shape index (κ3) is 4.50. The molecule has 4 aromatic rings. The van der Waals surface area contributed by atoms with Gasteiger partial charge in [0.25, 0.3) is 0 Å². The summed E-state index contributed by atoms with van der Waals surface area (Å²) < 4.78 is 25.8. The molecule has 0 N–H and O–H groups in total. The molecule has 162 valence electrons. The van der Waals surface area contributed by atoms with E-state index in [1.54, 1.807) is 20.3 Å². The molecule has 0 saturated heterocycles. The van der Waals surface area contributed by atoms with Crippen LogP contribution in [0, 0.1) is 5.82 Å². The van der Waals surface area contributed by atoms with Gasteiger partial charge in [-0.25, -0.2) is 4.39 Å². The zero-order valence-electron chi connectivity index (χ0n) is 17.5. The highest BCUT2D eigenvalue weighted by Gasteiger charge is 2.19. The summed E-state index contributed by atoms with van der Waals surface area (Å²) in [4.78, 5) is 12.6. The molecular weight excluding hydrogens is 429 g/mol. The second-order valence-electron chi connectivity index (χ2n) is 6.77. The maximum Gasteiger partial charge on any atom is 0.196 e. The Balaban J connectivity index is 1.71. The summed E-state index contributed by atoms with van der Waals surface area (Å²) in [6, 6.07) is 20.7. The molecular formula is C24H20FN3O3S. The lowest BCUT2D eigenvalue weighted by atomic mass is 10.1. The highest BCUT2D eigenvalue weighted by molar-refractivity contribution is 7.99. The van der Waals surface area contributed by atoms with Gasteiger partial charge in [-0.1, -0.05) is 42.1 Å². The van der Waals surface area contributed by atoms with Crippen LogP contribution in [0.4, 0.5) is 4.39 Å². The van der Waals surface area contributed by atoms with E-state index >= 15 is 0 Å². The van der Waals surface area contributed by atoms with Gasteiger partial charge in [-0.2, -0.15) is 0 Å². The summed E-state index contributed by atoms with van der Waals surface area (Å²) in [6.07, 6.45) is 0. The van der Waals surface area contributed by atoms with Crippen molar-refractivity contribution in [3.8, 4) is 28.6 Å². The molecule has 0 aliphatic heterocycles. The third-order valence-corrected chi connectivity index (χ3v) is 5.72. The van der Waals surface area contributed by atoms with Crippen LogP contribution >= 0.6 is 11.8 Å². The molecule has 0 atom stereocenters. The van der Waals surface area contributed by atoms with Crippen molar-refractivity contribution >= 4 is 17.5 Å². The predicted octanol–water partition coefficient (Wildman–Crippen LogP) is 5.07. The Morgan fingerprint density at radius 3 is 2.34 bits per heavy atom. The van der Waals surface area contributed by atoms with E-state index in [0.29, 0.717) is 28.0 Å². The first-order chi connectivity index (χ1) is 15.6. The predicted molar refractivity (Wildman–Crippen MR) is 121 cm³/mol. The second-order valence-corrected chi connectivity index (χ2v) is 7.71. The molecule has 1 heterocycles. The fourth-order valence-electron chi connectivity index (χ4n) is 3.18. The maximum absolute atomic E-state index is 13.2. The van der Waals surface area contributed by atoms with Crippen molar-refractivity contribution in [3.63, 3.8) is 0 Å².